The number of carbonyl (C=O) groups excluding carboxylic acids is 1. The van der Waals surface area contributed by atoms with Gasteiger partial charge >= 0.3 is 0 Å². The molecule has 8 heteroatoms. The molecule has 0 aliphatic carbocycles. The van der Waals surface area contributed by atoms with Crippen LogP contribution in [0.4, 0.5) is 5.69 Å². The van der Waals surface area contributed by atoms with E-state index in [4.69, 9.17) is 18.6 Å². The third-order valence-corrected chi connectivity index (χ3v) is 3.87. The normalized spacial score (nSPS) is 10.4. The molecule has 3 rings (SSSR count). The molecule has 3 aromatic rings. The molecule has 0 aliphatic heterocycles. The minimum absolute atomic E-state index is 0.354. The van der Waals surface area contributed by atoms with Crippen molar-refractivity contribution in [2.24, 2.45) is 0 Å². The highest BCUT2D eigenvalue weighted by Crippen LogP contribution is 2.32. The van der Waals surface area contributed by atoms with E-state index in [1.807, 2.05) is 0 Å². The van der Waals surface area contributed by atoms with Gasteiger partial charge in [0, 0.05) is 18.6 Å². The largest absolute Gasteiger partial charge is 0.497 e. The summed E-state index contributed by atoms with van der Waals surface area (Å²) < 4.78 is 21.2. The molecule has 0 bridgehead atoms. The summed E-state index contributed by atoms with van der Waals surface area (Å²) >= 11 is 0. The maximum atomic E-state index is 12.8. The molecule has 0 radical (unpaired) electrons. The van der Waals surface area contributed by atoms with Crippen molar-refractivity contribution in [3.8, 4) is 28.7 Å². The van der Waals surface area contributed by atoms with Gasteiger partial charge in [0.1, 0.15) is 17.2 Å². The maximum absolute atomic E-state index is 12.8. The lowest BCUT2D eigenvalue weighted by Crippen LogP contribution is -2.14. The summed E-state index contributed by atoms with van der Waals surface area (Å²) in [5.74, 6) is 1.94. The summed E-state index contributed by atoms with van der Waals surface area (Å²) in [7, 11) is 4.56. The van der Waals surface area contributed by atoms with Crippen molar-refractivity contribution in [3.63, 3.8) is 0 Å². The standard InChI is InChI=1S/C19H19N3O5/c1-11-21-22-19(27-11)12-5-8-16(25-3)15(9-12)20-18(23)14-7-6-13(24-2)10-17(14)26-4/h5-10H,1-4H3,(H,20,23). The van der Waals surface area contributed by atoms with Crippen molar-refractivity contribution in [2.45, 2.75) is 6.92 Å². The summed E-state index contributed by atoms with van der Waals surface area (Å²) in [5.41, 5.74) is 1.49. The Bertz CT molecular complexity index is 968. The van der Waals surface area contributed by atoms with Crippen molar-refractivity contribution in [1.29, 1.82) is 0 Å². The van der Waals surface area contributed by atoms with E-state index < -0.39 is 0 Å². The number of hydrogen-bond acceptors (Lipinski definition) is 7. The van der Waals surface area contributed by atoms with Crippen LogP contribution in [-0.4, -0.2) is 37.4 Å². The number of hydrogen-bond donors (Lipinski definition) is 1. The molecule has 0 spiro atoms. The molecule has 0 saturated heterocycles. The number of aromatic nitrogens is 2. The molecule has 8 nitrogen and oxygen atoms in total. The van der Waals surface area contributed by atoms with Crippen LogP contribution in [-0.2, 0) is 0 Å². The van der Waals surface area contributed by atoms with Crippen LogP contribution in [0.15, 0.2) is 40.8 Å². The minimum Gasteiger partial charge on any atom is -0.497 e. The first kappa shape index (κ1) is 18.2. The molecule has 1 heterocycles. The van der Waals surface area contributed by atoms with Gasteiger partial charge in [-0.3, -0.25) is 4.79 Å². The van der Waals surface area contributed by atoms with Gasteiger partial charge < -0.3 is 23.9 Å². The number of anilines is 1. The average Bonchev–Trinajstić information content (AvgIpc) is 3.13. The van der Waals surface area contributed by atoms with E-state index in [0.717, 1.165) is 0 Å². The van der Waals surface area contributed by atoms with Gasteiger partial charge in [0.05, 0.1) is 32.6 Å². The number of nitrogens with zero attached hydrogens (tertiary/aromatic N) is 2. The van der Waals surface area contributed by atoms with Crippen molar-refractivity contribution >= 4 is 11.6 Å². The van der Waals surface area contributed by atoms with E-state index in [1.54, 1.807) is 50.4 Å². The van der Waals surface area contributed by atoms with Crippen LogP contribution in [0.25, 0.3) is 11.5 Å². The second-order valence-electron chi connectivity index (χ2n) is 5.56. The van der Waals surface area contributed by atoms with Gasteiger partial charge in [-0.2, -0.15) is 0 Å². The highest BCUT2D eigenvalue weighted by Gasteiger charge is 2.17. The van der Waals surface area contributed by atoms with Crippen LogP contribution in [0.3, 0.4) is 0 Å². The third kappa shape index (κ3) is 3.84. The Hall–Kier alpha value is -3.55. The lowest BCUT2D eigenvalue weighted by atomic mass is 10.1. The highest BCUT2D eigenvalue weighted by molar-refractivity contribution is 6.07. The van der Waals surface area contributed by atoms with E-state index in [1.165, 1.54) is 14.2 Å². The molecule has 0 fully saturated rings. The fraction of sp³-hybridized carbons (Fsp3) is 0.211. The number of aryl methyl sites for hydroxylation is 1. The van der Waals surface area contributed by atoms with Gasteiger partial charge in [0.15, 0.2) is 0 Å². The van der Waals surface area contributed by atoms with Gasteiger partial charge in [-0.05, 0) is 30.3 Å². The van der Waals surface area contributed by atoms with Crippen LogP contribution < -0.4 is 19.5 Å². The van der Waals surface area contributed by atoms with E-state index in [9.17, 15) is 4.79 Å². The SMILES string of the molecule is COc1ccc(C(=O)Nc2cc(-c3nnc(C)o3)ccc2OC)c(OC)c1. The molecular formula is C19H19N3O5. The first-order chi connectivity index (χ1) is 13.0. The molecule has 1 N–H and O–H groups in total. The summed E-state index contributed by atoms with van der Waals surface area (Å²) in [6, 6.07) is 10.2. The van der Waals surface area contributed by atoms with E-state index in [0.29, 0.717) is 45.8 Å². The molecular weight excluding hydrogens is 350 g/mol. The molecule has 0 saturated carbocycles. The Morgan fingerprint density at radius 1 is 0.963 bits per heavy atom. The number of carbonyl (C=O) groups is 1. The molecule has 0 unspecified atom stereocenters. The average molecular weight is 369 g/mol. The minimum atomic E-state index is -0.355. The Kier molecular flexibility index (Phi) is 5.25. The molecule has 0 atom stereocenters. The lowest BCUT2D eigenvalue weighted by Gasteiger charge is -2.13. The number of rotatable bonds is 6. The smallest absolute Gasteiger partial charge is 0.259 e. The number of methoxy groups -OCH3 is 3. The third-order valence-electron chi connectivity index (χ3n) is 3.87. The Morgan fingerprint density at radius 3 is 2.37 bits per heavy atom. The number of benzene rings is 2. The van der Waals surface area contributed by atoms with Gasteiger partial charge in [-0.25, -0.2) is 0 Å². The quantitative estimate of drug-likeness (QED) is 0.712. The van der Waals surface area contributed by atoms with Crippen LogP contribution in [0.2, 0.25) is 0 Å². The van der Waals surface area contributed by atoms with Gasteiger partial charge in [0.2, 0.25) is 11.8 Å². The van der Waals surface area contributed by atoms with Crippen molar-refractivity contribution in [3.05, 3.63) is 47.9 Å². The lowest BCUT2D eigenvalue weighted by molar-refractivity contribution is 0.102. The molecule has 1 aromatic heterocycles. The van der Waals surface area contributed by atoms with Crippen LogP contribution in [0.5, 0.6) is 17.2 Å². The summed E-state index contributed by atoms with van der Waals surface area (Å²) in [6.07, 6.45) is 0. The van der Waals surface area contributed by atoms with Gasteiger partial charge in [-0.1, -0.05) is 0 Å². The maximum Gasteiger partial charge on any atom is 0.259 e. The Labute approximate surface area is 156 Å². The number of ether oxygens (including phenoxy) is 3. The van der Waals surface area contributed by atoms with Crippen molar-refractivity contribution < 1.29 is 23.4 Å². The predicted octanol–water partition coefficient (Wildman–Crippen LogP) is 3.32. The zero-order valence-electron chi connectivity index (χ0n) is 15.4. The first-order valence-electron chi connectivity index (χ1n) is 8.07. The second kappa shape index (κ2) is 7.77. The van der Waals surface area contributed by atoms with Gasteiger partial charge in [0.25, 0.3) is 5.91 Å². The zero-order valence-corrected chi connectivity index (χ0v) is 15.4. The van der Waals surface area contributed by atoms with E-state index in [-0.39, 0.29) is 5.91 Å². The first-order valence-corrected chi connectivity index (χ1v) is 8.07. The van der Waals surface area contributed by atoms with Crippen molar-refractivity contribution in [2.75, 3.05) is 26.6 Å². The van der Waals surface area contributed by atoms with Crippen molar-refractivity contribution in [1.82, 2.24) is 10.2 Å². The Morgan fingerprint density at radius 2 is 1.74 bits per heavy atom. The van der Waals surface area contributed by atoms with Crippen LogP contribution in [0.1, 0.15) is 16.2 Å². The van der Waals surface area contributed by atoms with Crippen LogP contribution in [0, 0.1) is 6.92 Å². The summed E-state index contributed by atoms with van der Waals surface area (Å²) in [5, 5.41) is 10.6. The summed E-state index contributed by atoms with van der Waals surface area (Å²) in [4.78, 5) is 12.8. The molecule has 27 heavy (non-hydrogen) atoms. The monoisotopic (exact) mass is 369 g/mol. The number of amides is 1. The van der Waals surface area contributed by atoms with Gasteiger partial charge in [-0.15, -0.1) is 10.2 Å². The Balaban J connectivity index is 1.93. The highest BCUT2D eigenvalue weighted by atomic mass is 16.5. The number of nitrogens with one attached hydrogen (secondary N) is 1. The van der Waals surface area contributed by atoms with Crippen LogP contribution >= 0.6 is 0 Å². The molecule has 140 valence electrons. The molecule has 2 aromatic carbocycles. The topological polar surface area (TPSA) is 95.7 Å². The fourth-order valence-electron chi connectivity index (χ4n) is 2.53. The summed E-state index contributed by atoms with van der Waals surface area (Å²) in [6.45, 7) is 1.71. The molecule has 0 aliphatic rings. The fourth-order valence-corrected chi connectivity index (χ4v) is 2.53. The van der Waals surface area contributed by atoms with E-state index >= 15 is 0 Å². The second-order valence-corrected chi connectivity index (χ2v) is 5.56. The molecule has 1 amide bonds. The van der Waals surface area contributed by atoms with E-state index in [2.05, 4.69) is 15.5 Å². The predicted molar refractivity (Wildman–Crippen MR) is 98.5 cm³/mol. The zero-order chi connectivity index (χ0) is 19.4.